The molecule has 4 aromatic rings. The lowest BCUT2D eigenvalue weighted by Crippen LogP contribution is -1.94. The Balaban J connectivity index is 1.98. The molecule has 0 fully saturated rings. The summed E-state index contributed by atoms with van der Waals surface area (Å²) >= 11 is 17.7. The van der Waals surface area contributed by atoms with E-state index in [1.165, 1.54) is 12.4 Å². The fraction of sp³-hybridized carbons (Fsp3) is 0. The molecule has 0 radical (unpaired) electrons. The Bertz CT molecular complexity index is 1200. The number of aromatic nitrogens is 4. The Morgan fingerprint density at radius 3 is 2.65 bits per heavy atom. The van der Waals surface area contributed by atoms with Crippen LogP contribution in [0.25, 0.3) is 21.9 Å². The summed E-state index contributed by atoms with van der Waals surface area (Å²) in [6.45, 7) is 0. The van der Waals surface area contributed by atoms with Gasteiger partial charge < -0.3 is 0 Å². The highest BCUT2D eigenvalue weighted by molar-refractivity contribution is 9.10. The molecule has 2 aromatic carbocycles. The maximum atomic E-state index is 11.6. The second-order valence-electron chi connectivity index (χ2n) is 4.99. The topological polar surface area (TPSA) is 94.7 Å². The molecule has 12 heteroatoms. The molecule has 0 spiro atoms. The van der Waals surface area contributed by atoms with Crippen LogP contribution < -0.4 is 0 Å². The van der Waals surface area contributed by atoms with Crippen LogP contribution in [0.15, 0.2) is 38.9 Å². The minimum atomic E-state index is -0.463. The molecule has 2 aromatic heterocycles. The van der Waals surface area contributed by atoms with E-state index in [4.69, 9.17) is 23.2 Å². The molecule has 0 atom stereocenters. The van der Waals surface area contributed by atoms with Gasteiger partial charge in [-0.3, -0.25) is 10.1 Å². The van der Waals surface area contributed by atoms with Crippen LogP contribution in [0.3, 0.4) is 0 Å². The fourth-order valence-electron chi connectivity index (χ4n) is 2.35. The van der Waals surface area contributed by atoms with E-state index in [1.54, 1.807) is 12.1 Å². The predicted molar refractivity (Wildman–Crippen MR) is 105 cm³/mol. The third-order valence-electron chi connectivity index (χ3n) is 3.44. The maximum absolute atomic E-state index is 11.6. The highest BCUT2D eigenvalue weighted by atomic mass is 79.9. The van der Waals surface area contributed by atoms with E-state index in [0.717, 1.165) is 23.5 Å². The average molecular weight is 489 g/mol. The van der Waals surface area contributed by atoms with Crippen molar-refractivity contribution in [1.29, 1.82) is 0 Å². The summed E-state index contributed by atoms with van der Waals surface area (Å²) in [5, 5.41) is 13.4. The first-order valence-electron chi connectivity index (χ1n) is 6.82. The summed E-state index contributed by atoms with van der Waals surface area (Å²) in [6, 6.07) is 4.67. The zero-order chi connectivity index (χ0) is 18.4. The van der Waals surface area contributed by atoms with Gasteiger partial charge in [0.05, 0.1) is 31.7 Å². The van der Waals surface area contributed by atoms with Gasteiger partial charge in [-0.15, -0.1) is 0 Å². The van der Waals surface area contributed by atoms with Crippen molar-refractivity contribution >= 4 is 90.2 Å². The van der Waals surface area contributed by atoms with Gasteiger partial charge in [0, 0.05) is 16.5 Å². The van der Waals surface area contributed by atoms with Gasteiger partial charge in [0.2, 0.25) is 0 Å². The van der Waals surface area contributed by atoms with Gasteiger partial charge in [-0.05, 0) is 28.1 Å². The lowest BCUT2D eigenvalue weighted by molar-refractivity contribution is -0.387. The highest BCUT2D eigenvalue weighted by Gasteiger charge is 2.24. The quantitative estimate of drug-likeness (QED) is 0.205. The van der Waals surface area contributed by atoms with Crippen molar-refractivity contribution in [2.24, 2.45) is 0 Å². The molecule has 0 unspecified atom stereocenters. The summed E-state index contributed by atoms with van der Waals surface area (Å²) in [5.74, 6) is 0. The minimum Gasteiger partial charge on any atom is -0.258 e. The van der Waals surface area contributed by atoms with Crippen molar-refractivity contribution in [1.82, 2.24) is 18.7 Å². The fourth-order valence-corrected chi connectivity index (χ4v) is 5.17. The molecule has 0 aliphatic carbocycles. The molecule has 4 rings (SSSR count). The first kappa shape index (κ1) is 17.8. The van der Waals surface area contributed by atoms with E-state index < -0.39 is 4.92 Å². The zero-order valence-electron chi connectivity index (χ0n) is 12.3. The number of nitro groups is 1. The standard InChI is InChI=1S/C14H4BrCl2N5O2S2/c15-7-3-9(22(23)24)13(12-11(7)20-26-21-12)25-14-6-1-5(16)2-8(17)10(6)18-4-19-14/h1-4H. The second kappa shape index (κ2) is 6.86. The summed E-state index contributed by atoms with van der Waals surface area (Å²) in [6.07, 6.45) is 1.35. The zero-order valence-corrected chi connectivity index (χ0v) is 17.0. The molecule has 0 saturated carbocycles. The molecule has 0 aliphatic rings. The van der Waals surface area contributed by atoms with E-state index in [1.807, 2.05) is 0 Å². The molecule has 7 nitrogen and oxygen atoms in total. The Morgan fingerprint density at radius 2 is 1.88 bits per heavy atom. The third-order valence-corrected chi connectivity index (χ3v) is 6.21. The number of nitrogens with zero attached hydrogens (tertiary/aromatic N) is 5. The Labute approximate surface area is 172 Å². The molecule has 0 aliphatic heterocycles. The summed E-state index contributed by atoms with van der Waals surface area (Å²) in [7, 11) is 0. The third kappa shape index (κ3) is 3.01. The number of hydrogen-bond donors (Lipinski definition) is 0. The van der Waals surface area contributed by atoms with Crippen LogP contribution in [-0.4, -0.2) is 23.6 Å². The van der Waals surface area contributed by atoms with Crippen LogP contribution in [-0.2, 0) is 0 Å². The Hall–Kier alpha value is -1.59. The monoisotopic (exact) mass is 487 g/mol. The van der Waals surface area contributed by atoms with Crippen molar-refractivity contribution in [3.63, 3.8) is 0 Å². The first-order valence-corrected chi connectivity index (χ1v) is 9.92. The summed E-state index contributed by atoms with van der Waals surface area (Å²) in [4.78, 5) is 19.9. The van der Waals surface area contributed by atoms with Crippen molar-refractivity contribution in [3.8, 4) is 0 Å². The van der Waals surface area contributed by atoms with Gasteiger partial charge in [-0.2, -0.15) is 8.75 Å². The molecule has 2 heterocycles. The van der Waals surface area contributed by atoms with E-state index >= 15 is 0 Å². The van der Waals surface area contributed by atoms with Crippen LogP contribution in [0.2, 0.25) is 10.0 Å². The highest BCUT2D eigenvalue weighted by Crippen LogP contribution is 2.44. The maximum Gasteiger partial charge on any atom is 0.286 e. The van der Waals surface area contributed by atoms with Crippen molar-refractivity contribution in [2.45, 2.75) is 9.92 Å². The molecule has 130 valence electrons. The Kier molecular flexibility index (Phi) is 4.70. The first-order chi connectivity index (χ1) is 12.5. The smallest absolute Gasteiger partial charge is 0.258 e. The van der Waals surface area contributed by atoms with Crippen LogP contribution in [0, 0.1) is 10.1 Å². The lowest BCUT2D eigenvalue weighted by atomic mass is 10.2. The van der Waals surface area contributed by atoms with E-state index in [0.29, 0.717) is 46.4 Å². The van der Waals surface area contributed by atoms with Crippen LogP contribution in [0.1, 0.15) is 0 Å². The number of rotatable bonds is 3. The number of benzene rings is 2. The van der Waals surface area contributed by atoms with E-state index in [9.17, 15) is 10.1 Å². The molecular formula is C14H4BrCl2N5O2S2. The molecule has 0 saturated heterocycles. The summed E-state index contributed by atoms with van der Waals surface area (Å²) < 4.78 is 8.91. The van der Waals surface area contributed by atoms with Crippen LogP contribution in [0.5, 0.6) is 0 Å². The SMILES string of the molecule is O=[N+]([O-])c1cc(Br)c2nsnc2c1Sc1ncnc2c(Cl)cc(Cl)cc12. The minimum absolute atomic E-state index is 0.0954. The van der Waals surface area contributed by atoms with Gasteiger partial charge in [0.1, 0.15) is 27.3 Å². The number of fused-ring (bicyclic) bond motifs is 2. The van der Waals surface area contributed by atoms with Crippen LogP contribution in [0.4, 0.5) is 5.69 Å². The number of halogens is 3. The van der Waals surface area contributed by atoms with Gasteiger partial charge in [-0.1, -0.05) is 35.0 Å². The summed E-state index contributed by atoms with van der Waals surface area (Å²) in [5.41, 5.74) is 1.40. The van der Waals surface area contributed by atoms with Crippen molar-refractivity contribution < 1.29 is 4.92 Å². The normalized spacial score (nSPS) is 11.3. The van der Waals surface area contributed by atoms with Gasteiger partial charge in [0.25, 0.3) is 5.69 Å². The van der Waals surface area contributed by atoms with Crippen molar-refractivity contribution in [3.05, 3.63) is 49.2 Å². The predicted octanol–water partition coefficient (Wildman–Crippen LogP) is 5.76. The largest absolute Gasteiger partial charge is 0.286 e. The van der Waals surface area contributed by atoms with E-state index in [2.05, 4.69) is 34.6 Å². The number of hydrogen-bond acceptors (Lipinski definition) is 8. The van der Waals surface area contributed by atoms with Gasteiger partial charge in [0.15, 0.2) is 0 Å². The average Bonchev–Trinajstić information content (AvgIpc) is 3.08. The van der Waals surface area contributed by atoms with Gasteiger partial charge in [-0.25, -0.2) is 9.97 Å². The molecule has 0 bridgehead atoms. The molecular weight excluding hydrogens is 485 g/mol. The molecule has 26 heavy (non-hydrogen) atoms. The van der Waals surface area contributed by atoms with Gasteiger partial charge >= 0.3 is 0 Å². The lowest BCUT2D eigenvalue weighted by Gasteiger charge is -2.08. The second-order valence-corrected chi connectivity index (χ2v) is 8.22. The Morgan fingerprint density at radius 1 is 1.12 bits per heavy atom. The van der Waals surface area contributed by atoms with Crippen LogP contribution >= 0.6 is 62.6 Å². The van der Waals surface area contributed by atoms with Crippen molar-refractivity contribution in [2.75, 3.05) is 0 Å². The van der Waals surface area contributed by atoms with E-state index in [-0.39, 0.29) is 5.69 Å². The molecule has 0 amide bonds. The number of nitro benzene ring substituents is 1. The molecule has 0 N–H and O–H groups in total.